The van der Waals surface area contributed by atoms with Crippen molar-refractivity contribution in [1.82, 2.24) is 0 Å². The van der Waals surface area contributed by atoms with Gasteiger partial charge >= 0.3 is 208 Å². The van der Waals surface area contributed by atoms with E-state index in [9.17, 15) is 0 Å². The van der Waals surface area contributed by atoms with E-state index in [0.29, 0.717) is 9.54 Å². The molecule has 0 aromatic heterocycles. The van der Waals surface area contributed by atoms with Gasteiger partial charge in [-0.3, -0.25) is 0 Å². The second-order valence-electron chi connectivity index (χ2n) is 10.7. The second-order valence-corrected chi connectivity index (χ2v) is 17.3. The predicted octanol–water partition coefficient (Wildman–Crippen LogP) is 8.51. The third-order valence-electron chi connectivity index (χ3n) is 7.51. The van der Waals surface area contributed by atoms with Gasteiger partial charge in [0, 0.05) is 0 Å². The Morgan fingerprint density at radius 2 is 1.27 bits per heavy atom. The summed E-state index contributed by atoms with van der Waals surface area (Å²) < 4.78 is 3.99. The summed E-state index contributed by atoms with van der Waals surface area (Å²) in [6.45, 7) is 14.4. The van der Waals surface area contributed by atoms with Crippen LogP contribution >= 0.6 is 0 Å². The summed E-state index contributed by atoms with van der Waals surface area (Å²) in [4.78, 5) is 0. The summed E-state index contributed by atoms with van der Waals surface area (Å²) in [6.07, 6.45) is 2.58. The van der Waals surface area contributed by atoms with Crippen molar-refractivity contribution in [3.8, 4) is 11.1 Å². The Morgan fingerprint density at radius 3 is 1.79 bits per heavy atom. The van der Waals surface area contributed by atoms with Crippen molar-refractivity contribution in [2.24, 2.45) is 11.3 Å². The van der Waals surface area contributed by atoms with Gasteiger partial charge in [0.1, 0.15) is 0 Å². The van der Waals surface area contributed by atoms with Crippen LogP contribution in [0.4, 0.5) is 0 Å². The molecule has 0 aliphatic heterocycles. The van der Waals surface area contributed by atoms with Crippen molar-refractivity contribution >= 4 is 3.21 Å². The van der Waals surface area contributed by atoms with Crippen LogP contribution in [0.15, 0.2) is 99.4 Å². The van der Waals surface area contributed by atoms with Gasteiger partial charge in [-0.25, -0.2) is 0 Å². The molecule has 0 bridgehead atoms. The van der Waals surface area contributed by atoms with Gasteiger partial charge in [-0.15, -0.1) is 0 Å². The number of hydrogen-bond acceptors (Lipinski definition) is 0. The molecule has 33 heavy (non-hydrogen) atoms. The SMILES string of the molecule is CC1=[C]([Zr](=[C](C)c2ccccc2)[CH]2c3ccccc3-c3ccccc32)C(C)C=C1C(C)(C)C. The Hall–Kier alpha value is -2.11. The molecule has 0 N–H and O–H groups in total. The average Bonchev–Trinajstić information content (AvgIpc) is 3.30. The first-order valence-electron chi connectivity index (χ1n) is 12.2. The van der Waals surface area contributed by atoms with Crippen LogP contribution < -0.4 is 0 Å². The molecular weight excluding hydrogens is 476 g/mol. The topological polar surface area (TPSA) is 0 Å². The third kappa shape index (κ3) is 3.83. The molecule has 0 saturated heterocycles. The molecule has 3 aromatic carbocycles. The maximum absolute atomic E-state index is 2.58. The summed E-state index contributed by atoms with van der Waals surface area (Å²) >= 11 is -2.42. The molecule has 2 aliphatic carbocycles. The Bertz CT molecular complexity index is 1270. The van der Waals surface area contributed by atoms with E-state index in [-0.39, 0.29) is 5.41 Å². The maximum atomic E-state index is 2.58. The quantitative estimate of drug-likeness (QED) is 0.332. The van der Waals surface area contributed by atoms with Crippen molar-refractivity contribution in [3.63, 3.8) is 0 Å². The van der Waals surface area contributed by atoms with Crippen molar-refractivity contribution in [2.45, 2.75) is 45.2 Å². The van der Waals surface area contributed by atoms with Crippen LogP contribution in [-0.2, 0) is 21.3 Å². The van der Waals surface area contributed by atoms with Gasteiger partial charge in [-0.2, -0.15) is 0 Å². The number of hydrogen-bond donors (Lipinski definition) is 0. The average molecular weight is 510 g/mol. The van der Waals surface area contributed by atoms with Gasteiger partial charge in [0.15, 0.2) is 0 Å². The first kappa shape index (κ1) is 22.7. The summed E-state index contributed by atoms with van der Waals surface area (Å²) in [6, 6.07) is 29.6. The zero-order valence-electron chi connectivity index (χ0n) is 20.7. The molecule has 2 aliphatic rings. The standard InChI is InChI=1S/C13H9.C11H17.C8H8.Zr/c1-3-7-12-10(5-1)9-11-6-2-4-8-13(11)12;1-8-6-9(2)10(7-8)11(3,4)5;1-2-8-6-4-3-5-7-8;/h1-9H;7-8H,1-5H3;3-7H,1H3;. The second kappa shape index (κ2) is 8.59. The van der Waals surface area contributed by atoms with E-state index in [2.05, 4.69) is 126 Å². The van der Waals surface area contributed by atoms with Crippen molar-refractivity contribution in [2.75, 3.05) is 0 Å². The molecule has 166 valence electrons. The number of allylic oxidation sites excluding steroid dienone is 4. The summed E-state index contributed by atoms with van der Waals surface area (Å²) in [7, 11) is 0. The minimum atomic E-state index is -2.42. The molecule has 1 atom stereocenters. The molecule has 1 heteroatoms. The van der Waals surface area contributed by atoms with Gasteiger partial charge in [-0.1, -0.05) is 0 Å². The number of benzene rings is 3. The molecule has 0 radical (unpaired) electrons. The van der Waals surface area contributed by atoms with Crippen molar-refractivity contribution in [1.29, 1.82) is 0 Å². The number of rotatable bonds is 3. The molecule has 0 amide bonds. The Morgan fingerprint density at radius 1 is 0.758 bits per heavy atom. The molecule has 0 fully saturated rings. The molecule has 0 heterocycles. The molecule has 0 spiro atoms. The fourth-order valence-electron chi connectivity index (χ4n) is 6.09. The van der Waals surface area contributed by atoms with E-state index < -0.39 is 21.3 Å². The first-order valence-corrected chi connectivity index (χ1v) is 16.0. The molecule has 1 unspecified atom stereocenters. The first-order chi connectivity index (χ1) is 15.8. The van der Waals surface area contributed by atoms with E-state index >= 15 is 0 Å². The van der Waals surface area contributed by atoms with E-state index in [1.54, 1.807) is 28.8 Å². The van der Waals surface area contributed by atoms with Crippen LogP contribution in [-0.4, -0.2) is 3.21 Å². The van der Waals surface area contributed by atoms with E-state index in [4.69, 9.17) is 0 Å². The van der Waals surface area contributed by atoms with Crippen molar-refractivity contribution < 1.29 is 21.3 Å². The van der Waals surface area contributed by atoms with Crippen LogP contribution in [0.2, 0.25) is 0 Å². The van der Waals surface area contributed by atoms with Crippen LogP contribution in [0.3, 0.4) is 0 Å². The fourth-order valence-corrected chi connectivity index (χ4v) is 15.6. The van der Waals surface area contributed by atoms with E-state index in [1.807, 2.05) is 0 Å². The summed E-state index contributed by atoms with van der Waals surface area (Å²) in [5.41, 5.74) is 10.8. The zero-order chi connectivity index (χ0) is 23.3. The molecule has 0 saturated carbocycles. The molecule has 3 aromatic rings. The molecule has 5 rings (SSSR count). The Labute approximate surface area is 207 Å². The van der Waals surface area contributed by atoms with Gasteiger partial charge in [0.25, 0.3) is 0 Å². The summed E-state index contributed by atoms with van der Waals surface area (Å²) in [5, 5.41) is 0. The van der Waals surface area contributed by atoms with E-state index in [1.165, 1.54) is 16.7 Å². The molecular formula is C32H34Zr. The van der Waals surface area contributed by atoms with Gasteiger partial charge in [0.2, 0.25) is 0 Å². The van der Waals surface area contributed by atoms with E-state index in [0.717, 1.165) is 0 Å². The summed E-state index contributed by atoms with van der Waals surface area (Å²) in [5.74, 6) is 0.521. The monoisotopic (exact) mass is 508 g/mol. The zero-order valence-corrected chi connectivity index (χ0v) is 23.2. The Balaban J connectivity index is 1.83. The van der Waals surface area contributed by atoms with Gasteiger partial charge in [-0.05, 0) is 0 Å². The molecule has 0 nitrogen and oxygen atoms in total. The normalized spacial score (nSPS) is 18.7. The van der Waals surface area contributed by atoms with Crippen LogP contribution in [0.1, 0.15) is 61.9 Å². The Kier molecular flexibility index (Phi) is 5.90. The fraction of sp³-hybridized carbons (Fsp3) is 0.281. The van der Waals surface area contributed by atoms with Crippen molar-refractivity contribution in [3.05, 3.63) is 116 Å². The predicted molar refractivity (Wildman–Crippen MR) is 139 cm³/mol. The van der Waals surface area contributed by atoms with Crippen LogP contribution in [0.5, 0.6) is 0 Å². The van der Waals surface area contributed by atoms with Gasteiger partial charge in [0.05, 0.1) is 0 Å². The minimum absolute atomic E-state index is 0.181. The van der Waals surface area contributed by atoms with Crippen LogP contribution in [0.25, 0.3) is 11.1 Å². The number of fused-ring (bicyclic) bond motifs is 3. The van der Waals surface area contributed by atoms with Crippen LogP contribution in [0, 0.1) is 11.3 Å². The van der Waals surface area contributed by atoms with Gasteiger partial charge < -0.3 is 0 Å². The third-order valence-corrected chi connectivity index (χ3v) is 16.6.